The van der Waals surface area contributed by atoms with Crippen molar-refractivity contribution in [2.45, 2.75) is 58.9 Å². The number of rotatable bonds is 3. The number of primary amides is 1. The molecule has 27 heavy (non-hydrogen) atoms. The Labute approximate surface area is 167 Å². The summed E-state index contributed by atoms with van der Waals surface area (Å²) in [6.45, 7) is 9.08. The van der Waals surface area contributed by atoms with Gasteiger partial charge in [-0.3, -0.25) is 4.79 Å². The lowest BCUT2D eigenvalue weighted by Gasteiger charge is -2.47. The second kappa shape index (κ2) is 7.23. The fourth-order valence-electron chi connectivity index (χ4n) is 4.33. The van der Waals surface area contributed by atoms with Gasteiger partial charge in [0.25, 0.3) is 0 Å². The lowest BCUT2D eigenvalue weighted by molar-refractivity contribution is -0.119. The highest BCUT2D eigenvalue weighted by atomic mass is 32.1. The molecule has 2 aliphatic rings. The molecule has 3 N–H and O–H groups in total. The van der Waals surface area contributed by atoms with Crippen molar-refractivity contribution in [2.24, 2.45) is 22.1 Å². The zero-order chi connectivity index (χ0) is 19.8. The number of anilines is 1. The van der Waals surface area contributed by atoms with Gasteiger partial charge in [-0.2, -0.15) is 0 Å². The van der Waals surface area contributed by atoms with Crippen molar-refractivity contribution in [3.8, 4) is 0 Å². The van der Waals surface area contributed by atoms with E-state index in [4.69, 9.17) is 18.0 Å². The minimum Gasteiger partial charge on any atom is -0.368 e. The van der Waals surface area contributed by atoms with Crippen molar-refractivity contribution in [2.75, 3.05) is 11.9 Å². The van der Waals surface area contributed by atoms with Crippen LogP contribution in [0.4, 0.5) is 5.69 Å². The number of benzene rings is 1. The van der Waals surface area contributed by atoms with E-state index in [0.29, 0.717) is 11.0 Å². The van der Waals surface area contributed by atoms with Gasteiger partial charge in [-0.05, 0) is 68.3 Å². The molecule has 5 nitrogen and oxygen atoms in total. The topological polar surface area (TPSA) is 70.7 Å². The van der Waals surface area contributed by atoms with E-state index < -0.39 is 0 Å². The third-order valence-corrected chi connectivity index (χ3v) is 6.37. The molecule has 0 aromatic heterocycles. The first-order chi connectivity index (χ1) is 12.6. The van der Waals surface area contributed by atoms with Gasteiger partial charge < -0.3 is 16.0 Å². The van der Waals surface area contributed by atoms with Crippen LogP contribution in [0.15, 0.2) is 29.3 Å². The SMILES string of the molecule is Cc1ccc(NC2=NC(=S)N(CC(N)=O)C23CCC(C(C)(C)C)CC3)cc1. The fraction of sp³-hybridized carbons (Fsp3) is 0.571. The van der Waals surface area contributed by atoms with Crippen LogP contribution in [0.25, 0.3) is 0 Å². The summed E-state index contributed by atoms with van der Waals surface area (Å²) in [4.78, 5) is 18.3. The lowest BCUT2D eigenvalue weighted by atomic mass is 9.66. The Kier molecular flexibility index (Phi) is 5.30. The van der Waals surface area contributed by atoms with E-state index in [1.165, 1.54) is 5.56 Å². The van der Waals surface area contributed by atoms with Crippen LogP contribution in [-0.4, -0.2) is 33.8 Å². The van der Waals surface area contributed by atoms with Crippen molar-refractivity contribution in [1.82, 2.24) is 4.90 Å². The third kappa shape index (κ3) is 4.00. The normalized spacial score (nSPS) is 25.6. The second-order valence-electron chi connectivity index (χ2n) is 8.96. The predicted molar refractivity (Wildman–Crippen MR) is 115 cm³/mol. The molecule has 0 unspecified atom stereocenters. The maximum Gasteiger partial charge on any atom is 0.237 e. The summed E-state index contributed by atoms with van der Waals surface area (Å²) < 4.78 is 0. The molecule has 146 valence electrons. The number of nitrogens with zero attached hydrogens (tertiary/aromatic N) is 2. The molecule has 1 spiro atoms. The van der Waals surface area contributed by atoms with Gasteiger partial charge in [0.2, 0.25) is 5.91 Å². The van der Waals surface area contributed by atoms with Crippen LogP contribution in [-0.2, 0) is 4.79 Å². The van der Waals surface area contributed by atoms with Gasteiger partial charge in [-0.1, -0.05) is 38.5 Å². The number of nitrogens with two attached hydrogens (primary N) is 1. The molecule has 1 heterocycles. The van der Waals surface area contributed by atoms with Crippen LogP contribution in [0.1, 0.15) is 52.0 Å². The van der Waals surface area contributed by atoms with Crippen molar-refractivity contribution in [3.05, 3.63) is 29.8 Å². The zero-order valence-corrected chi connectivity index (χ0v) is 17.5. The third-order valence-electron chi connectivity index (χ3n) is 6.06. The van der Waals surface area contributed by atoms with Gasteiger partial charge in [0.15, 0.2) is 5.11 Å². The number of carbonyl (C=O) groups is 1. The highest BCUT2D eigenvalue weighted by Gasteiger charge is 2.51. The molecular weight excluding hydrogens is 356 g/mol. The Hall–Kier alpha value is -1.95. The summed E-state index contributed by atoms with van der Waals surface area (Å²) in [6, 6.07) is 8.24. The van der Waals surface area contributed by atoms with Crippen molar-refractivity contribution in [3.63, 3.8) is 0 Å². The molecule has 3 rings (SSSR count). The fourth-order valence-corrected chi connectivity index (χ4v) is 4.66. The molecule has 0 atom stereocenters. The van der Waals surface area contributed by atoms with Crippen LogP contribution >= 0.6 is 12.2 Å². The van der Waals surface area contributed by atoms with E-state index in [-0.39, 0.29) is 23.4 Å². The number of hydrogen-bond acceptors (Lipinski definition) is 3. The molecule has 1 fully saturated rings. The molecule has 0 bridgehead atoms. The Balaban J connectivity index is 1.89. The average molecular weight is 387 g/mol. The molecule has 1 aromatic rings. The molecule has 1 amide bonds. The van der Waals surface area contributed by atoms with E-state index in [1.807, 2.05) is 17.0 Å². The molecule has 0 radical (unpaired) electrons. The Morgan fingerprint density at radius 1 is 1.30 bits per heavy atom. The molecule has 1 aliphatic carbocycles. The summed E-state index contributed by atoms with van der Waals surface area (Å²) in [7, 11) is 0. The Morgan fingerprint density at radius 2 is 1.89 bits per heavy atom. The minimum atomic E-state index is -0.374. The summed E-state index contributed by atoms with van der Waals surface area (Å²) in [5, 5.41) is 3.94. The second-order valence-corrected chi connectivity index (χ2v) is 9.32. The number of aryl methyl sites for hydroxylation is 1. The van der Waals surface area contributed by atoms with Crippen LogP contribution in [0.2, 0.25) is 0 Å². The number of amidine groups is 1. The number of hydrogen-bond donors (Lipinski definition) is 2. The molecular formula is C21H30N4OS. The summed E-state index contributed by atoms with van der Waals surface area (Å²) in [6.07, 6.45) is 3.99. The predicted octanol–water partition coefficient (Wildman–Crippen LogP) is 3.87. The van der Waals surface area contributed by atoms with Crippen molar-refractivity contribution >= 4 is 34.8 Å². The maximum absolute atomic E-state index is 11.7. The van der Waals surface area contributed by atoms with E-state index in [2.05, 4.69) is 50.1 Å². The average Bonchev–Trinajstić information content (AvgIpc) is 2.81. The minimum absolute atomic E-state index is 0.113. The first-order valence-corrected chi connectivity index (χ1v) is 10.1. The first kappa shape index (κ1) is 19.8. The van der Waals surface area contributed by atoms with Crippen LogP contribution in [0, 0.1) is 18.3 Å². The number of amides is 1. The Bertz CT molecular complexity index is 755. The zero-order valence-electron chi connectivity index (χ0n) is 16.7. The van der Waals surface area contributed by atoms with Crippen molar-refractivity contribution < 1.29 is 4.79 Å². The monoisotopic (exact) mass is 386 g/mol. The van der Waals surface area contributed by atoms with Gasteiger partial charge in [0, 0.05) is 5.69 Å². The molecule has 1 aromatic carbocycles. The lowest BCUT2D eigenvalue weighted by Crippen LogP contribution is -2.57. The smallest absolute Gasteiger partial charge is 0.237 e. The van der Waals surface area contributed by atoms with Crippen molar-refractivity contribution in [1.29, 1.82) is 0 Å². The van der Waals surface area contributed by atoms with Gasteiger partial charge in [0.05, 0.1) is 6.54 Å². The number of nitrogens with one attached hydrogen (secondary N) is 1. The standard InChI is InChI=1S/C21H30N4OS/c1-14-5-7-16(8-6-14)23-18-21(25(13-17(22)26)19(27)24-18)11-9-15(10-12-21)20(2,3)4/h5-8,15H,9-13H2,1-4H3,(H2,22,26)(H,23,24,27). The molecule has 1 aliphatic heterocycles. The summed E-state index contributed by atoms with van der Waals surface area (Å²) in [5.41, 5.74) is 7.63. The molecule has 1 saturated carbocycles. The van der Waals surface area contributed by atoms with Gasteiger partial charge in [0.1, 0.15) is 11.4 Å². The van der Waals surface area contributed by atoms with Crippen LogP contribution in [0.3, 0.4) is 0 Å². The first-order valence-electron chi connectivity index (χ1n) is 9.64. The number of aliphatic imine (C=N–C) groups is 1. The Morgan fingerprint density at radius 3 is 2.41 bits per heavy atom. The molecule has 6 heteroatoms. The summed E-state index contributed by atoms with van der Waals surface area (Å²) >= 11 is 5.52. The quantitative estimate of drug-likeness (QED) is 0.774. The van der Waals surface area contributed by atoms with E-state index in [1.54, 1.807) is 0 Å². The van der Waals surface area contributed by atoms with E-state index >= 15 is 0 Å². The van der Waals surface area contributed by atoms with Gasteiger partial charge >= 0.3 is 0 Å². The number of carbonyl (C=O) groups excluding carboxylic acids is 1. The largest absolute Gasteiger partial charge is 0.368 e. The number of thiocarbonyl (C=S) groups is 1. The van der Waals surface area contributed by atoms with Crippen LogP contribution < -0.4 is 11.1 Å². The molecule has 0 saturated heterocycles. The van der Waals surface area contributed by atoms with E-state index in [9.17, 15) is 4.79 Å². The highest BCUT2D eigenvalue weighted by Crippen LogP contribution is 2.46. The maximum atomic E-state index is 11.7. The summed E-state index contributed by atoms with van der Waals surface area (Å²) in [5.74, 6) is 1.12. The van der Waals surface area contributed by atoms with Gasteiger partial charge in [-0.25, -0.2) is 4.99 Å². The van der Waals surface area contributed by atoms with Gasteiger partial charge in [-0.15, -0.1) is 0 Å². The highest BCUT2D eigenvalue weighted by molar-refractivity contribution is 7.80. The van der Waals surface area contributed by atoms with Crippen LogP contribution in [0.5, 0.6) is 0 Å². The van der Waals surface area contributed by atoms with E-state index in [0.717, 1.165) is 37.2 Å².